The van der Waals surface area contributed by atoms with Crippen molar-refractivity contribution in [3.8, 4) is 0 Å². The van der Waals surface area contributed by atoms with E-state index in [-0.39, 0.29) is 34.5 Å². The van der Waals surface area contributed by atoms with Crippen LogP contribution in [-0.4, -0.2) is 44.3 Å². The van der Waals surface area contributed by atoms with Crippen molar-refractivity contribution in [2.24, 2.45) is 0 Å². The molecule has 0 aliphatic rings. The number of nitrogens with zero attached hydrogens (tertiary/aromatic N) is 2. The van der Waals surface area contributed by atoms with E-state index in [0.717, 1.165) is 28.6 Å². The Hall–Kier alpha value is -3.14. The molecule has 0 aliphatic carbocycles. The number of rotatable bonds is 11. The SMILES string of the molecule is CCNC(=O)C(CC)N(Cc1ccc(Cl)c(Cl)c1)C(=O)CN(c1ccccc1)S(=O)(=O)c1ccc(F)cc1. The Morgan fingerprint density at radius 1 is 0.947 bits per heavy atom. The van der Waals surface area contributed by atoms with Gasteiger partial charge in [0.25, 0.3) is 10.0 Å². The lowest BCUT2D eigenvalue weighted by atomic mass is 10.1. The van der Waals surface area contributed by atoms with Crippen molar-refractivity contribution in [1.29, 1.82) is 0 Å². The average Bonchev–Trinajstić information content (AvgIpc) is 2.90. The van der Waals surface area contributed by atoms with Crippen LogP contribution in [0, 0.1) is 5.82 Å². The molecule has 0 aliphatic heterocycles. The Bertz CT molecular complexity index is 1370. The fourth-order valence-electron chi connectivity index (χ4n) is 3.90. The van der Waals surface area contributed by atoms with E-state index in [1.165, 1.54) is 4.90 Å². The molecule has 1 unspecified atom stereocenters. The van der Waals surface area contributed by atoms with Crippen LogP contribution in [0.3, 0.4) is 0 Å². The standard InChI is InChI=1S/C27H28Cl2FN3O4S/c1-3-25(27(35)31-4-2)32(17-19-10-15-23(28)24(29)16-19)26(34)18-33(21-8-6-5-7-9-21)38(36,37)22-13-11-20(30)12-14-22/h5-16,25H,3-4,17-18H2,1-2H3,(H,31,35). The zero-order valence-corrected chi connectivity index (χ0v) is 23.2. The van der Waals surface area contributed by atoms with Gasteiger partial charge in [-0.25, -0.2) is 12.8 Å². The summed E-state index contributed by atoms with van der Waals surface area (Å²) < 4.78 is 41.7. The number of anilines is 1. The first-order valence-corrected chi connectivity index (χ1v) is 14.1. The highest BCUT2D eigenvalue weighted by molar-refractivity contribution is 7.92. The second-order valence-electron chi connectivity index (χ2n) is 8.39. The molecule has 2 amide bonds. The maximum Gasteiger partial charge on any atom is 0.264 e. The van der Waals surface area contributed by atoms with Gasteiger partial charge in [0.2, 0.25) is 11.8 Å². The van der Waals surface area contributed by atoms with Crippen LogP contribution in [0.2, 0.25) is 10.0 Å². The van der Waals surface area contributed by atoms with Crippen molar-refractivity contribution in [3.05, 3.63) is 94.2 Å². The lowest BCUT2D eigenvalue weighted by Crippen LogP contribution is -2.52. The van der Waals surface area contributed by atoms with Crippen molar-refractivity contribution in [2.45, 2.75) is 37.8 Å². The minimum atomic E-state index is -4.27. The van der Waals surface area contributed by atoms with E-state index in [9.17, 15) is 22.4 Å². The summed E-state index contributed by atoms with van der Waals surface area (Å²) >= 11 is 12.2. The molecule has 11 heteroatoms. The second-order valence-corrected chi connectivity index (χ2v) is 11.1. The number of hydrogen-bond donors (Lipinski definition) is 1. The third-order valence-electron chi connectivity index (χ3n) is 5.80. The number of carbonyl (C=O) groups excluding carboxylic acids is 2. The number of para-hydroxylation sites is 1. The Morgan fingerprint density at radius 2 is 1.61 bits per heavy atom. The maximum absolute atomic E-state index is 13.8. The Balaban J connectivity index is 2.04. The van der Waals surface area contributed by atoms with Crippen molar-refractivity contribution in [3.63, 3.8) is 0 Å². The summed E-state index contributed by atoms with van der Waals surface area (Å²) in [6.07, 6.45) is 0.287. The molecular formula is C27H28Cl2FN3O4S. The van der Waals surface area contributed by atoms with Gasteiger partial charge in [0.05, 0.1) is 20.6 Å². The third-order valence-corrected chi connectivity index (χ3v) is 8.33. The summed E-state index contributed by atoms with van der Waals surface area (Å²) in [6, 6.07) is 16.5. The highest BCUT2D eigenvalue weighted by atomic mass is 35.5. The molecular weight excluding hydrogens is 552 g/mol. The average molecular weight is 581 g/mol. The van der Waals surface area contributed by atoms with Crippen LogP contribution in [0.4, 0.5) is 10.1 Å². The van der Waals surface area contributed by atoms with Gasteiger partial charge in [0.15, 0.2) is 0 Å². The molecule has 1 atom stereocenters. The fourth-order valence-corrected chi connectivity index (χ4v) is 5.64. The smallest absolute Gasteiger partial charge is 0.264 e. The molecule has 7 nitrogen and oxygen atoms in total. The van der Waals surface area contributed by atoms with Gasteiger partial charge >= 0.3 is 0 Å². The number of carbonyl (C=O) groups is 2. The molecule has 202 valence electrons. The van der Waals surface area contributed by atoms with Gasteiger partial charge < -0.3 is 10.2 Å². The number of sulfonamides is 1. The first-order valence-electron chi connectivity index (χ1n) is 11.9. The quantitative estimate of drug-likeness (QED) is 0.335. The van der Waals surface area contributed by atoms with Crippen molar-refractivity contribution in [1.82, 2.24) is 10.2 Å². The van der Waals surface area contributed by atoms with Crippen LogP contribution in [0.5, 0.6) is 0 Å². The van der Waals surface area contributed by atoms with Crippen molar-refractivity contribution in [2.75, 3.05) is 17.4 Å². The van der Waals surface area contributed by atoms with E-state index in [1.807, 2.05) is 0 Å². The van der Waals surface area contributed by atoms with Crippen LogP contribution in [0.25, 0.3) is 0 Å². The summed E-state index contributed by atoms with van der Waals surface area (Å²) in [4.78, 5) is 27.9. The second kappa shape index (κ2) is 13.1. The van der Waals surface area contributed by atoms with Crippen LogP contribution < -0.4 is 9.62 Å². The largest absolute Gasteiger partial charge is 0.355 e. The van der Waals surface area contributed by atoms with E-state index in [2.05, 4.69) is 5.32 Å². The number of nitrogens with one attached hydrogen (secondary N) is 1. The van der Waals surface area contributed by atoms with Gasteiger partial charge in [0.1, 0.15) is 18.4 Å². The molecule has 0 heterocycles. The number of likely N-dealkylation sites (N-methyl/N-ethyl adjacent to an activating group) is 1. The van der Waals surface area contributed by atoms with Crippen LogP contribution in [0.1, 0.15) is 25.8 Å². The highest BCUT2D eigenvalue weighted by Crippen LogP contribution is 2.26. The maximum atomic E-state index is 13.8. The molecule has 0 bridgehead atoms. The third kappa shape index (κ3) is 7.03. The van der Waals surface area contributed by atoms with Gasteiger partial charge in [-0.1, -0.05) is 54.4 Å². The Morgan fingerprint density at radius 3 is 2.18 bits per heavy atom. The predicted molar refractivity (Wildman–Crippen MR) is 147 cm³/mol. The molecule has 3 rings (SSSR count). The zero-order chi connectivity index (χ0) is 27.9. The molecule has 0 aromatic heterocycles. The summed E-state index contributed by atoms with van der Waals surface area (Å²) in [6.45, 7) is 3.28. The van der Waals surface area contributed by atoms with Gasteiger partial charge in [-0.2, -0.15) is 0 Å². The van der Waals surface area contributed by atoms with E-state index in [0.29, 0.717) is 17.1 Å². The van der Waals surface area contributed by atoms with Crippen molar-refractivity contribution < 1.29 is 22.4 Å². The molecule has 0 saturated heterocycles. The topological polar surface area (TPSA) is 86.8 Å². The highest BCUT2D eigenvalue weighted by Gasteiger charge is 2.33. The molecule has 3 aromatic rings. The Labute approximate surface area is 232 Å². The summed E-state index contributed by atoms with van der Waals surface area (Å²) in [5.41, 5.74) is 0.855. The van der Waals surface area contributed by atoms with Crippen LogP contribution in [-0.2, 0) is 26.2 Å². The number of hydrogen-bond acceptors (Lipinski definition) is 4. The molecule has 1 N–H and O–H groups in total. The van der Waals surface area contributed by atoms with Crippen LogP contribution in [0.15, 0.2) is 77.7 Å². The minimum Gasteiger partial charge on any atom is -0.355 e. The Kier molecular flexibility index (Phi) is 10.1. The minimum absolute atomic E-state index is 0.00934. The molecule has 3 aromatic carbocycles. The van der Waals surface area contributed by atoms with Gasteiger partial charge in [-0.05, 0) is 67.4 Å². The summed E-state index contributed by atoms with van der Waals surface area (Å²) in [7, 11) is -4.27. The molecule has 0 fully saturated rings. The van der Waals surface area contributed by atoms with E-state index < -0.39 is 34.3 Å². The first kappa shape index (κ1) is 29.4. The predicted octanol–water partition coefficient (Wildman–Crippen LogP) is 5.27. The van der Waals surface area contributed by atoms with Crippen LogP contribution >= 0.6 is 23.2 Å². The monoisotopic (exact) mass is 579 g/mol. The zero-order valence-electron chi connectivity index (χ0n) is 20.9. The number of halogens is 3. The van der Waals surface area contributed by atoms with Crippen molar-refractivity contribution >= 4 is 50.7 Å². The molecule has 0 spiro atoms. The summed E-state index contributed by atoms with van der Waals surface area (Å²) in [5.74, 6) is -1.56. The fraction of sp³-hybridized carbons (Fsp3) is 0.259. The lowest BCUT2D eigenvalue weighted by Gasteiger charge is -2.33. The lowest BCUT2D eigenvalue weighted by molar-refractivity contribution is -0.140. The summed E-state index contributed by atoms with van der Waals surface area (Å²) in [5, 5.41) is 3.36. The van der Waals surface area contributed by atoms with E-state index in [4.69, 9.17) is 23.2 Å². The molecule has 0 radical (unpaired) electrons. The van der Waals surface area contributed by atoms with Gasteiger partial charge in [-0.3, -0.25) is 13.9 Å². The van der Waals surface area contributed by atoms with E-state index in [1.54, 1.807) is 62.4 Å². The number of amides is 2. The molecule has 0 saturated carbocycles. The van der Waals surface area contributed by atoms with Gasteiger partial charge in [-0.15, -0.1) is 0 Å². The van der Waals surface area contributed by atoms with Gasteiger partial charge in [0, 0.05) is 13.1 Å². The normalized spacial score (nSPS) is 12.0. The number of benzene rings is 3. The first-order chi connectivity index (χ1) is 18.1. The van der Waals surface area contributed by atoms with E-state index >= 15 is 0 Å². The molecule has 38 heavy (non-hydrogen) atoms.